The average Bonchev–Trinajstić information content (AvgIpc) is 3.46. The van der Waals surface area contributed by atoms with Gasteiger partial charge in [0.15, 0.2) is 0 Å². The Hall–Kier alpha value is -2.99. The van der Waals surface area contributed by atoms with Crippen LogP contribution in [0.4, 0.5) is 0 Å². The molecule has 1 aliphatic heterocycles. The van der Waals surface area contributed by atoms with E-state index in [2.05, 4.69) is 20.6 Å². The second-order valence-electron chi connectivity index (χ2n) is 8.51. The molecular weight excluding hydrogens is 432 g/mol. The Morgan fingerprint density at radius 2 is 2.00 bits per heavy atom. The SMILES string of the molecule is CCC(C)C(NC(=O)C(Cc1cnc[nH]1)NC(=O)C1CCCN1C(=O)C(N)C(C)O)C(=O)O. The van der Waals surface area contributed by atoms with E-state index in [1.54, 1.807) is 6.92 Å². The van der Waals surface area contributed by atoms with Gasteiger partial charge in [0, 0.05) is 24.9 Å². The highest BCUT2D eigenvalue weighted by Gasteiger charge is 2.39. The van der Waals surface area contributed by atoms with Crippen molar-refractivity contribution in [1.82, 2.24) is 25.5 Å². The van der Waals surface area contributed by atoms with E-state index in [4.69, 9.17) is 5.73 Å². The molecule has 1 aromatic rings. The van der Waals surface area contributed by atoms with Crippen LogP contribution < -0.4 is 16.4 Å². The van der Waals surface area contributed by atoms with E-state index in [1.165, 1.54) is 24.3 Å². The highest BCUT2D eigenvalue weighted by molar-refractivity contribution is 5.94. The number of hydrogen-bond donors (Lipinski definition) is 6. The molecule has 0 bridgehead atoms. The Morgan fingerprint density at radius 3 is 2.55 bits per heavy atom. The van der Waals surface area contributed by atoms with Gasteiger partial charge in [-0.2, -0.15) is 0 Å². The second-order valence-corrected chi connectivity index (χ2v) is 8.51. The number of nitrogens with two attached hydrogens (primary N) is 1. The minimum atomic E-state index is -1.16. The number of nitrogens with one attached hydrogen (secondary N) is 3. The predicted octanol–water partition coefficient (Wildman–Crippen LogP) is -1.25. The number of carbonyl (C=O) groups excluding carboxylic acids is 3. The van der Waals surface area contributed by atoms with Crippen molar-refractivity contribution in [2.24, 2.45) is 11.7 Å². The van der Waals surface area contributed by atoms with Gasteiger partial charge in [-0.05, 0) is 25.7 Å². The number of amides is 3. The molecule has 7 N–H and O–H groups in total. The first-order chi connectivity index (χ1) is 15.6. The molecule has 0 aromatic carbocycles. The van der Waals surface area contributed by atoms with E-state index in [-0.39, 0.29) is 12.3 Å². The number of rotatable bonds is 11. The van der Waals surface area contributed by atoms with E-state index >= 15 is 0 Å². The van der Waals surface area contributed by atoms with Crippen LogP contribution in [-0.4, -0.2) is 85.6 Å². The summed E-state index contributed by atoms with van der Waals surface area (Å²) in [6.45, 7) is 5.24. The number of carboxylic acid groups (broad SMARTS) is 1. The Morgan fingerprint density at radius 1 is 1.30 bits per heavy atom. The molecule has 2 heterocycles. The van der Waals surface area contributed by atoms with Crippen LogP contribution in [0.3, 0.4) is 0 Å². The molecule has 6 unspecified atom stereocenters. The molecule has 184 valence electrons. The first kappa shape index (κ1) is 26.3. The van der Waals surface area contributed by atoms with E-state index < -0.39 is 54.0 Å². The largest absolute Gasteiger partial charge is 0.480 e. The smallest absolute Gasteiger partial charge is 0.326 e. The molecule has 0 spiro atoms. The molecule has 3 amide bonds. The lowest BCUT2D eigenvalue weighted by Gasteiger charge is -2.29. The maximum atomic E-state index is 13.1. The summed E-state index contributed by atoms with van der Waals surface area (Å²) in [5, 5.41) is 24.3. The number of aromatic nitrogens is 2. The number of likely N-dealkylation sites (tertiary alicyclic amines) is 1. The van der Waals surface area contributed by atoms with Crippen molar-refractivity contribution in [3.05, 3.63) is 18.2 Å². The zero-order valence-electron chi connectivity index (χ0n) is 19.2. The monoisotopic (exact) mass is 466 g/mol. The number of aliphatic hydroxyl groups excluding tert-OH is 1. The number of H-pyrrole nitrogens is 1. The highest BCUT2D eigenvalue weighted by Crippen LogP contribution is 2.19. The summed E-state index contributed by atoms with van der Waals surface area (Å²) in [6, 6.07) is -4.21. The molecule has 1 aliphatic rings. The number of carbonyl (C=O) groups is 4. The molecule has 6 atom stereocenters. The Bertz CT molecular complexity index is 829. The van der Waals surface area contributed by atoms with E-state index in [0.717, 1.165) is 0 Å². The van der Waals surface area contributed by atoms with Crippen LogP contribution in [-0.2, 0) is 25.6 Å². The van der Waals surface area contributed by atoms with Crippen molar-refractivity contribution in [2.45, 2.75) is 76.7 Å². The predicted molar refractivity (Wildman–Crippen MR) is 118 cm³/mol. The lowest BCUT2D eigenvalue weighted by atomic mass is 9.98. The topological polar surface area (TPSA) is 191 Å². The molecule has 1 saturated heterocycles. The molecule has 1 aromatic heterocycles. The van der Waals surface area contributed by atoms with Crippen molar-refractivity contribution in [3.8, 4) is 0 Å². The number of aliphatic carboxylic acids is 1. The van der Waals surface area contributed by atoms with Gasteiger partial charge in [0.2, 0.25) is 17.7 Å². The Balaban J connectivity index is 2.18. The lowest BCUT2D eigenvalue weighted by molar-refractivity contribution is -0.144. The lowest BCUT2D eigenvalue weighted by Crippen LogP contribution is -2.58. The first-order valence-electron chi connectivity index (χ1n) is 11.1. The Labute approximate surface area is 192 Å². The van der Waals surface area contributed by atoms with Crippen molar-refractivity contribution in [1.29, 1.82) is 0 Å². The van der Waals surface area contributed by atoms with Crippen molar-refractivity contribution >= 4 is 23.7 Å². The molecule has 1 fully saturated rings. The minimum Gasteiger partial charge on any atom is -0.480 e. The fraction of sp³-hybridized carbons (Fsp3) is 0.667. The zero-order valence-corrected chi connectivity index (χ0v) is 19.2. The highest BCUT2D eigenvalue weighted by atomic mass is 16.4. The maximum Gasteiger partial charge on any atom is 0.326 e. The van der Waals surface area contributed by atoms with E-state index in [0.29, 0.717) is 31.5 Å². The first-order valence-corrected chi connectivity index (χ1v) is 11.1. The number of nitrogens with zero attached hydrogens (tertiary/aromatic N) is 2. The summed E-state index contributed by atoms with van der Waals surface area (Å²) in [7, 11) is 0. The third-order valence-corrected chi connectivity index (χ3v) is 6.03. The fourth-order valence-corrected chi connectivity index (χ4v) is 3.73. The minimum absolute atomic E-state index is 0.0538. The van der Waals surface area contributed by atoms with Crippen LogP contribution in [0.25, 0.3) is 0 Å². The average molecular weight is 467 g/mol. The number of imidazole rings is 1. The van der Waals surface area contributed by atoms with Gasteiger partial charge in [0.1, 0.15) is 24.2 Å². The van der Waals surface area contributed by atoms with Gasteiger partial charge >= 0.3 is 5.97 Å². The van der Waals surface area contributed by atoms with Crippen molar-refractivity contribution in [3.63, 3.8) is 0 Å². The number of aromatic amines is 1. The van der Waals surface area contributed by atoms with Crippen LogP contribution in [0.5, 0.6) is 0 Å². The van der Waals surface area contributed by atoms with Gasteiger partial charge in [-0.25, -0.2) is 9.78 Å². The van der Waals surface area contributed by atoms with Gasteiger partial charge in [0.25, 0.3) is 0 Å². The maximum absolute atomic E-state index is 13.1. The van der Waals surface area contributed by atoms with Crippen LogP contribution in [0, 0.1) is 5.92 Å². The fourth-order valence-electron chi connectivity index (χ4n) is 3.73. The molecular formula is C21H34N6O6. The van der Waals surface area contributed by atoms with E-state index in [9.17, 15) is 29.4 Å². The molecule has 12 heteroatoms. The summed E-state index contributed by atoms with van der Waals surface area (Å²) in [6.07, 6.45) is 3.41. The summed E-state index contributed by atoms with van der Waals surface area (Å²) in [4.78, 5) is 58.4. The Kier molecular flexibility index (Phi) is 9.35. The van der Waals surface area contributed by atoms with E-state index in [1.807, 2.05) is 6.92 Å². The molecule has 2 rings (SSSR count). The van der Waals surface area contributed by atoms with Gasteiger partial charge in [-0.1, -0.05) is 20.3 Å². The van der Waals surface area contributed by atoms with Gasteiger partial charge in [-0.3, -0.25) is 14.4 Å². The summed E-state index contributed by atoms with van der Waals surface area (Å²) in [5.74, 6) is -3.22. The molecule has 0 saturated carbocycles. The third-order valence-electron chi connectivity index (χ3n) is 6.03. The number of hydrogen-bond acceptors (Lipinski definition) is 7. The third kappa shape index (κ3) is 6.75. The second kappa shape index (κ2) is 11.8. The van der Waals surface area contributed by atoms with Crippen LogP contribution in [0.1, 0.15) is 45.7 Å². The number of aliphatic hydroxyl groups is 1. The van der Waals surface area contributed by atoms with Crippen LogP contribution in [0.2, 0.25) is 0 Å². The molecule has 12 nitrogen and oxygen atoms in total. The molecule has 33 heavy (non-hydrogen) atoms. The molecule has 0 aliphatic carbocycles. The summed E-state index contributed by atoms with van der Waals surface area (Å²) < 4.78 is 0. The van der Waals surface area contributed by atoms with Crippen LogP contribution in [0.15, 0.2) is 12.5 Å². The van der Waals surface area contributed by atoms with Crippen molar-refractivity contribution in [2.75, 3.05) is 6.54 Å². The van der Waals surface area contributed by atoms with Crippen molar-refractivity contribution < 1.29 is 29.4 Å². The molecule has 0 radical (unpaired) electrons. The normalized spacial score (nSPS) is 20.4. The quantitative estimate of drug-likeness (QED) is 0.233. The summed E-state index contributed by atoms with van der Waals surface area (Å²) >= 11 is 0. The van der Waals surface area contributed by atoms with Crippen LogP contribution >= 0.6 is 0 Å². The van der Waals surface area contributed by atoms with Gasteiger partial charge in [-0.15, -0.1) is 0 Å². The summed E-state index contributed by atoms with van der Waals surface area (Å²) in [5.41, 5.74) is 6.33. The van der Waals surface area contributed by atoms with Gasteiger partial charge < -0.3 is 36.5 Å². The van der Waals surface area contributed by atoms with Gasteiger partial charge in [0.05, 0.1) is 12.4 Å². The standard InChI is InChI=1S/C21H34N6O6/c1-4-11(2)17(21(32)33)26-18(29)14(8-13-9-23-10-24-13)25-19(30)15-6-5-7-27(15)20(31)16(22)12(3)28/h9-12,14-17,28H,4-8,22H2,1-3H3,(H,23,24)(H,25,30)(H,26,29)(H,32,33). The number of carboxylic acids is 1. The zero-order chi connectivity index (χ0) is 24.7.